The molecule has 0 saturated heterocycles. The Morgan fingerprint density at radius 2 is 1.59 bits per heavy atom. The second kappa shape index (κ2) is 13.3. The first-order valence-corrected chi connectivity index (χ1v) is 10.2. The second-order valence-electron chi connectivity index (χ2n) is 7.27. The quantitative estimate of drug-likeness (QED) is 0.379. The molecule has 10 nitrogen and oxygen atoms in total. The van der Waals surface area contributed by atoms with E-state index in [-0.39, 0.29) is 12.5 Å². The summed E-state index contributed by atoms with van der Waals surface area (Å²) in [6, 6.07) is 7.38. The van der Waals surface area contributed by atoms with Crippen molar-refractivity contribution in [2.24, 2.45) is 5.92 Å². The van der Waals surface area contributed by atoms with Gasteiger partial charge in [0.05, 0.1) is 13.2 Å². The number of benzene rings is 1. The van der Waals surface area contributed by atoms with Crippen LogP contribution in [0.25, 0.3) is 0 Å². The van der Waals surface area contributed by atoms with Crippen LogP contribution in [0.15, 0.2) is 30.3 Å². The lowest BCUT2D eigenvalue weighted by Crippen LogP contribution is -2.50. The summed E-state index contributed by atoms with van der Waals surface area (Å²) >= 11 is 0. The molecule has 0 heterocycles. The molecule has 1 unspecified atom stereocenters. The number of alkyl carbamates (subject to hydrolysis) is 1. The first-order valence-electron chi connectivity index (χ1n) is 10.2. The third-order valence-electron chi connectivity index (χ3n) is 4.68. The van der Waals surface area contributed by atoms with Crippen LogP contribution in [-0.4, -0.2) is 60.6 Å². The maximum Gasteiger partial charge on any atom is 0.408 e. The van der Waals surface area contributed by atoms with Gasteiger partial charge in [-0.05, 0) is 25.8 Å². The molecule has 10 heteroatoms. The largest absolute Gasteiger partial charge is 0.466 e. The summed E-state index contributed by atoms with van der Waals surface area (Å²) in [7, 11) is 1.17. The highest BCUT2D eigenvalue weighted by molar-refractivity contribution is 5.86. The number of methoxy groups -OCH3 is 1. The second-order valence-corrected chi connectivity index (χ2v) is 7.27. The number of aliphatic hydroxyl groups is 1. The monoisotopic (exact) mass is 453 g/mol. The summed E-state index contributed by atoms with van der Waals surface area (Å²) < 4.78 is 19.9. The number of ether oxygens (including phenoxy) is 4. The average Bonchev–Trinajstić information content (AvgIpc) is 2.78. The maximum atomic E-state index is 12.4. The Labute approximate surface area is 187 Å². The van der Waals surface area contributed by atoms with E-state index in [2.05, 4.69) is 10.1 Å². The Morgan fingerprint density at radius 1 is 0.969 bits per heavy atom. The molecule has 0 radical (unpaired) electrons. The van der Waals surface area contributed by atoms with E-state index < -0.39 is 48.4 Å². The standard InChI is InChI=1S/C22H31NO9/c1-6-13(2)18(21(27)29-5)32-19(25)15(4)31-20(26)17(14(3)24)23-22(28)30-12-16-10-8-7-9-11-16/h7-11,13-15,17-18,24H,6,12H2,1-5H3,(H,23,28)/t13?,14-,15+,17+,18+/m1/s1. The van der Waals surface area contributed by atoms with Crippen LogP contribution in [0.3, 0.4) is 0 Å². The molecule has 32 heavy (non-hydrogen) atoms. The van der Waals surface area contributed by atoms with Crippen molar-refractivity contribution >= 4 is 24.0 Å². The SMILES string of the molecule is CCC(C)[C@H](OC(=O)[C@H](C)OC(=O)[C@@H](NC(=O)OCc1ccccc1)[C@@H](C)O)C(=O)OC. The molecule has 0 aliphatic rings. The zero-order valence-electron chi connectivity index (χ0n) is 18.9. The number of nitrogens with one attached hydrogen (secondary N) is 1. The molecule has 178 valence electrons. The molecular weight excluding hydrogens is 422 g/mol. The molecule has 0 aliphatic carbocycles. The van der Waals surface area contributed by atoms with E-state index in [1.807, 2.05) is 13.0 Å². The average molecular weight is 453 g/mol. The highest BCUT2D eigenvalue weighted by Crippen LogP contribution is 2.15. The summed E-state index contributed by atoms with van der Waals surface area (Å²) in [4.78, 5) is 48.6. The van der Waals surface area contributed by atoms with Gasteiger partial charge in [0.15, 0.2) is 12.1 Å². The number of hydrogen-bond acceptors (Lipinski definition) is 9. The van der Waals surface area contributed by atoms with Gasteiger partial charge in [-0.1, -0.05) is 44.2 Å². The van der Waals surface area contributed by atoms with Crippen molar-refractivity contribution in [1.82, 2.24) is 5.32 Å². The van der Waals surface area contributed by atoms with Crippen LogP contribution in [0.5, 0.6) is 0 Å². The molecule has 1 rings (SSSR count). The van der Waals surface area contributed by atoms with Crippen LogP contribution in [-0.2, 0) is 39.9 Å². The zero-order valence-corrected chi connectivity index (χ0v) is 18.9. The van der Waals surface area contributed by atoms with E-state index in [1.165, 1.54) is 21.0 Å². The van der Waals surface area contributed by atoms with Crippen molar-refractivity contribution in [3.8, 4) is 0 Å². The molecule has 0 aromatic heterocycles. The number of aliphatic hydroxyl groups excluding tert-OH is 1. The van der Waals surface area contributed by atoms with E-state index in [9.17, 15) is 24.3 Å². The number of carbonyl (C=O) groups is 4. The molecule has 0 aliphatic heterocycles. The van der Waals surface area contributed by atoms with Gasteiger partial charge in [0.1, 0.15) is 6.61 Å². The van der Waals surface area contributed by atoms with Gasteiger partial charge < -0.3 is 29.4 Å². The fraction of sp³-hybridized carbons (Fsp3) is 0.545. The van der Waals surface area contributed by atoms with Gasteiger partial charge in [-0.25, -0.2) is 19.2 Å². The first-order chi connectivity index (χ1) is 15.1. The van der Waals surface area contributed by atoms with Crippen LogP contribution in [0.4, 0.5) is 4.79 Å². The van der Waals surface area contributed by atoms with Crippen molar-refractivity contribution in [1.29, 1.82) is 0 Å². The topological polar surface area (TPSA) is 137 Å². The lowest BCUT2D eigenvalue weighted by Gasteiger charge is -2.24. The Kier molecular flexibility index (Phi) is 11.2. The maximum absolute atomic E-state index is 12.4. The lowest BCUT2D eigenvalue weighted by molar-refractivity contribution is -0.180. The zero-order chi connectivity index (χ0) is 24.3. The molecule has 0 bridgehead atoms. The fourth-order valence-corrected chi connectivity index (χ4v) is 2.51. The minimum absolute atomic E-state index is 0.0402. The number of amides is 1. The van der Waals surface area contributed by atoms with E-state index in [1.54, 1.807) is 31.2 Å². The molecule has 1 aromatic carbocycles. The van der Waals surface area contributed by atoms with Crippen molar-refractivity contribution < 1.29 is 43.2 Å². The number of rotatable bonds is 11. The van der Waals surface area contributed by atoms with Crippen LogP contribution in [0.2, 0.25) is 0 Å². The molecule has 1 aromatic rings. The van der Waals surface area contributed by atoms with Gasteiger partial charge in [0.2, 0.25) is 6.10 Å². The Bertz CT molecular complexity index is 766. The van der Waals surface area contributed by atoms with E-state index in [4.69, 9.17) is 14.2 Å². The predicted molar refractivity (Wildman–Crippen MR) is 112 cm³/mol. The first kappa shape index (κ1) is 26.9. The van der Waals surface area contributed by atoms with Gasteiger partial charge in [-0.15, -0.1) is 0 Å². The predicted octanol–water partition coefficient (Wildman–Crippen LogP) is 1.72. The summed E-state index contributed by atoms with van der Waals surface area (Å²) in [5, 5.41) is 12.1. The van der Waals surface area contributed by atoms with E-state index in [0.717, 1.165) is 5.56 Å². The third-order valence-corrected chi connectivity index (χ3v) is 4.68. The van der Waals surface area contributed by atoms with Gasteiger partial charge in [0.25, 0.3) is 0 Å². The Morgan fingerprint density at radius 3 is 2.12 bits per heavy atom. The highest BCUT2D eigenvalue weighted by atomic mass is 16.6. The van der Waals surface area contributed by atoms with Crippen molar-refractivity contribution in [2.45, 2.75) is 65.1 Å². The normalized spacial score (nSPS) is 15.3. The van der Waals surface area contributed by atoms with Crippen LogP contribution in [0.1, 0.15) is 39.7 Å². The Hall–Kier alpha value is -3.14. The van der Waals surface area contributed by atoms with Gasteiger partial charge in [-0.3, -0.25) is 0 Å². The number of carbonyl (C=O) groups excluding carboxylic acids is 4. The third kappa shape index (κ3) is 8.54. The van der Waals surface area contributed by atoms with Crippen molar-refractivity contribution in [3.63, 3.8) is 0 Å². The minimum Gasteiger partial charge on any atom is -0.466 e. The Balaban J connectivity index is 2.68. The molecule has 5 atom stereocenters. The van der Waals surface area contributed by atoms with Gasteiger partial charge >= 0.3 is 24.0 Å². The van der Waals surface area contributed by atoms with Crippen LogP contribution < -0.4 is 5.32 Å². The summed E-state index contributed by atoms with van der Waals surface area (Å²) in [6.07, 6.45) is -4.30. The van der Waals surface area contributed by atoms with Gasteiger partial charge in [0, 0.05) is 5.92 Å². The van der Waals surface area contributed by atoms with Crippen LogP contribution in [0, 0.1) is 5.92 Å². The summed E-state index contributed by atoms with van der Waals surface area (Å²) in [5.74, 6) is -3.08. The number of hydrogen-bond donors (Lipinski definition) is 2. The van der Waals surface area contributed by atoms with Crippen molar-refractivity contribution in [2.75, 3.05) is 7.11 Å². The molecule has 0 saturated carbocycles. The van der Waals surface area contributed by atoms with Crippen molar-refractivity contribution in [3.05, 3.63) is 35.9 Å². The molecule has 1 amide bonds. The van der Waals surface area contributed by atoms with Gasteiger partial charge in [-0.2, -0.15) is 0 Å². The highest BCUT2D eigenvalue weighted by Gasteiger charge is 2.34. The minimum atomic E-state index is -1.49. The number of esters is 3. The molecule has 0 fully saturated rings. The summed E-state index contributed by atoms with van der Waals surface area (Å²) in [6.45, 7) is 6.00. The lowest BCUT2D eigenvalue weighted by atomic mass is 10.0. The fourth-order valence-electron chi connectivity index (χ4n) is 2.51. The summed E-state index contributed by atoms with van der Waals surface area (Å²) in [5.41, 5.74) is 0.733. The molecular formula is C22H31NO9. The van der Waals surface area contributed by atoms with E-state index >= 15 is 0 Å². The van der Waals surface area contributed by atoms with E-state index in [0.29, 0.717) is 6.42 Å². The van der Waals surface area contributed by atoms with Crippen LogP contribution >= 0.6 is 0 Å². The molecule has 0 spiro atoms. The molecule has 2 N–H and O–H groups in total. The smallest absolute Gasteiger partial charge is 0.408 e.